The van der Waals surface area contributed by atoms with Crippen LogP contribution in [0.15, 0.2) is 47.5 Å². The van der Waals surface area contributed by atoms with Gasteiger partial charge in [0, 0.05) is 24.1 Å². The number of hydrogen-bond donors (Lipinski definition) is 2. The van der Waals surface area contributed by atoms with Gasteiger partial charge in [0.2, 0.25) is 0 Å². The maximum atomic E-state index is 13.6. The minimum absolute atomic E-state index is 0.00799. The van der Waals surface area contributed by atoms with Crippen molar-refractivity contribution in [2.45, 2.75) is 31.7 Å². The third-order valence-corrected chi connectivity index (χ3v) is 5.12. The van der Waals surface area contributed by atoms with Crippen LogP contribution in [0, 0.1) is 5.82 Å². The molecule has 0 atom stereocenters. The smallest absolute Gasteiger partial charge is 0.191 e. The minimum Gasteiger partial charge on any atom is -0.493 e. The number of rotatable bonds is 8. The highest BCUT2D eigenvalue weighted by Crippen LogP contribution is 2.47. The Hall–Kier alpha value is -2.76. The molecule has 0 radical (unpaired) electrons. The molecular weight excluding hydrogens is 357 g/mol. The summed E-state index contributed by atoms with van der Waals surface area (Å²) in [5.41, 5.74) is 1.99. The third-order valence-electron chi connectivity index (χ3n) is 5.12. The number of para-hydroxylation sites is 1. The molecule has 1 aliphatic carbocycles. The molecule has 0 heterocycles. The van der Waals surface area contributed by atoms with Crippen LogP contribution >= 0.6 is 0 Å². The van der Waals surface area contributed by atoms with Gasteiger partial charge in [0.25, 0.3) is 0 Å². The highest BCUT2D eigenvalue weighted by atomic mass is 19.1. The molecule has 0 bridgehead atoms. The number of hydrogen-bond acceptors (Lipinski definition) is 3. The number of halogens is 1. The van der Waals surface area contributed by atoms with Crippen LogP contribution in [0.5, 0.6) is 11.5 Å². The van der Waals surface area contributed by atoms with Crippen LogP contribution in [0.2, 0.25) is 0 Å². The van der Waals surface area contributed by atoms with Gasteiger partial charge in [0.05, 0.1) is 20.8 Å². The Labute approximate surface area is 166 Å². The standard InChI is InChI=1S/C22H28FN3O2/c1-4-24-21(25-14-16-7-5-10-19(27-2)20(16)28-3)26-15-22(11-12-22)17-8-6-9-18(23)13-17/h5-10,13H,4,11-12,14-15H2,1-3H3,(H2,24,25,26). The zero-order valence-corrected chi connectivity index (χ0v) is 16.7. The molecule has 28 heavy (non-hydrogen) atoms. The first-order chi connectivity index (χ1) is 13.6. The van der Waals surface area contributed by atoms with Crippen LogP contribution in [0.3, 0.4) is 0 Å². The Morgan fingerprint density at radius 2 is 1.89 bits per heavy atom. The summed E-state index contributed by atoms with van der Waals surface area (Å²) in [6.07, 6.45) is 2.10. The van der Waals surface area contributed by atoms with Crippen LogP contribution in [0.1, 0.15) is 30.9 Å². The Morgan fingerprint density at radius 3 is 2.54 bits per heavy atom. The lowest BCUT2D eigenvalue weighted by molar-refractivity contribution is 0.352. The van der Waals surface area contributed by atoms with Gasteiger partial charge in [0.1, 0.15) is 5.82 Å². The van der Waals surface area contributed by atoms with Crippen molar-refractivity contribution in [2.75, 3.05) is 27.3 Å². The quantitative estimate of drug-likeness (QED) is 0.538. The van der Waals surface area contributed by atoms with E-state index in [9.17, 15) is 4.39 Å². The number of guanidine groups is 1. The van der Waals surface area contributed by atoms with E-state index in [1.54, 1.807) is 26.4 Å². The zero-order valence-electron chi connectivity index (χ0n) is 16.7. The van der Waals surface area contributed by atoms with Gasteiger partial charge in [-0.15, -0.1) is 0 Å². The maximum Gasteiger partial charge on any atom is 0.191 e. The van der Waals surface area contributed by atoms with Crippen LogP contribution in [-0.4, -0.2) is 33.3 Å². The molecule has 0 aliphatic heterocycles. The number of ether oxygens (including phenoxy) is 2. The number of nitrogens with one attached hydrogen (secondary N) is 2. The lowest BCUT2D eigenvalue weighted by Crippen LogP contribution is -2.41. The van der Waals surface area contributed by atoms with E-state index in [0.29, 0.717) is 18.0 Å². The predicted molar refractivity (Wildman–Crippen MR) is 110 cm³/mol. The van der Waals surface area contributed by atoms with Crippen LogP contribution in [0.4, 0.5) is 4.39 Å². The van der Waals surface area contributed by atoms with Gasteiger partial charge < -0.3 is 20.1 Å². The normalized spacial score (nSPS) is 15.1. The first-order valence-corrected chi connectivity index (χ1v) is 9.60. The van der Waals surface area contributed by atoms with Crippen molar-refractivity contribution in [3.05, 3.63) is 59.4 Å². The van der Waals surface area contributed by atoms with Gasteiger partial charge in [-0.3, -0.25) is 0 Å². The number of nitrogens with zero attached hydrogens (tertiary/aromatic N) is 1. The number of methoxy groups -OCH3 is 2. The molecule has 0 saturated heterocycles. The summed E-state index contributed by atoms with van der Waals surface area (Å²) in [7, 11) is 3.25. The minimum atomic E-state index is -0.186. The van der Waals surface area contributed by atoms with E-state index in [2.05, 4.69) is 10.6 Å². The predicted octanol–water partition coefficient (Wildman–Crippen LogP) is 3.63. The van der Waals surface area contributed by atoms with Crippen molar-refractivity contribution >= 4 is 5.96 Å². The average Bonchev–Trinajstić information content (AvgIpc) is 3.51. The van der Waals surface area contributed by atoms with Crippen molar-refractivity contribution in [1.82, 2.24) is 10.6 Å². The molecule has 1 aliphatic rings. The summed E-state index contributed by atoms with van der Waals surface area (Å²) in [6, 6.07) is 12.7. The van der Waals surface area contributed by atoms with Crippen molar-refractivity contribution in [2.24, 2.45) is 4.99 Å². The van der Waals surface area contributed by atoms with Gasteiger partial charge in [-0.25, -0.2) is 9.38 Å². The SMILES string of the molecule is CCNC(=NCc1cccc(OC)c1OC)NCC1(c2cccc(F)c2)CC1. The fourth-order valence-electron chi connectivity index (χ4n) is 3.37. The molecule has 1 saturated carbocycles. The second kappa shape index (κ2) is 8.95. The van der Waals surface area contributed by atoms with Gasteiger partial charge in [-0.1, -0.05) is 24.3 Å². The molecule has 0 amide bonds. The molecule has 2 aromatic carbocycles. The second-order valence-corrected chi connectivity index (χ2v) is 6.99. The van der Waals surface area contributed by atoms with Crippen molar-refractivity contribution in [3.8, 4) is 11.5 Å². The zero-order chi connectivity index (χ0) is 20.0. The third kappa shape index (κ3) is 4.55. The van der Waals surface area contributed by atoms with Crippen molar-refractivity contribution in [1.29, 1.82) is 0 Å². The summed E-state index contributed by atoms with van der Waals surface area (Å²) in [4.78, 5) is 4.69. The molecular formula is C22H28FN3O2. The molecule has 1 fully saturated rings. The summed E-state index contributed by atoms with van der Waals surface area (Å²) in [5, 5.41) is 6.70. The van der Waals surface area contributed by atoms with Gasteiger partial charge in [-0.2, -0.15) is 0 Å². The number of aliphatic imine (C=N–C) groups is 1. The van der Waals surface area contributed by atoms with Crippen molar-refractivity contribution in [3.63, 3.8) is 0 Å². The highest BCUT2D eigenvalue weighted by Gasteiger charge is 2.44. The highest BCUT2D eigenvalue weighted by molar-refractivity contribution is 5.80. The molecule has 0 spiro atoms. The van der Waals surface area contributed by atoms with Gasteiger partial charge in [0.15, 0.2) is 17.5 Å². The molecule has 150 valence electrons. The maximum absolute atomic E-state index is 13.6. The Balaban J connectivity index is 1.70. The monoisotopic (exact) mass is 385 g/mol. The van der Waals surface area contributed by atoms with Crippen LogP contribution in [-0.2, 0) is 12.0 Å². The molecule has 6 heteroatoms. The van der Waals surface area contributed by atoms with Gasteiger partial charge >= 0.3 is 0 Å². The first-order valence-electron chi connectivity index (χ1n) is 9.60. The average molecular weight is 385 g/mol. The molecule has 0 unspecified atom stereocenters. The molecule has 2 aromatic rings. The van der Waals surface area contributed by atoms with E-state index in [-0.39, 0.29) is 11.2 Å². The largest absolute Gasteiger partial charge is 0.493 e. The van der Waals surface area contributed by atoms with Crippen LogP contribution < -0.4 is 20.1 Å². The van der Waals surface area contributed by atoms with E-state index in [0.717, 1.165) is 43.0 Å². The Kier molecular flexibility index (Phi) is 6.39. The molecule has 3 rings (SSSR count). The lowest BCUT2D eigenvalue weighted by atomic mass is 9.96. The van der Waals surface area contributed by atoms with Crippen molar-refractivity contribution < 1.29 is 13.9 Å². The lowest BCUT2D eigenvalue weighted by Gasteiger charge is -2.19. The van der Waals surface area contributed by atoms with E-state index in [4.69, 9.17) is 14.5 Å². The summed E-state index contributed by atoms with van der Waals surface area (Å²) in [6.45, 7) is 3.97. The summed E-state index contributed by atoms with van der Waals surface area (Å²) < 4.78 is 24.4. The van der Waals surface area contributed by atoms with Crippen LogP contribution in [0.25, 0.3) is 0 Å². The topological polar surface area (TPSA) is 54.9 Å². The molecule has 5 nitrogen and oxygen atoms in total. The van der Waals surface area contributed by atoms with E-state index in [1.807, 2.05) is 31.2 Å². The Morgan fingerprint density at radius 1 is 1.11 bits per heavy atom. The van der Waals surface area contributed by atoms with E-state index >= 15 is 0 Å². The molecule has 2 N–H and O–H groups in total. The fourth-order valence-corrected chi connectivity index (χ4v) is 3.37. The first kappa shape index (κ1) is 20.0. The van der Waals surface area contributed by atoms with Gasteiger partial charge in [-0.05, 0) is 43.5 Å². The summed E-state index contributed by atoms with van der Waals surface area (Å²) >= 11 is 0. The fraction of sp³-hybridized carbons (Fsp3) is 0.409. The molecule has 0 aromatic heterocycles. The van der Waals surface area contributed by atoms with E-state index < -0.39 is 0 Å². The van der Waals surface area contributed by atoms with E-state index in [1.165, 1.54) is 6.07 Å². The Bertz CT molecular complexity index is 834. The second-order valence-electron chi connectivity index (χ2n) is 6.99. The number of benzene rings is 2. The summed E-state index contributed by atoms with van der Waals surface area (Å²) in [5.74, 6) is 1.93.